The number of nitrogens with one attached hydrogen (secondary N) is 1. The van der Waals surface area contributed by atoms with Gasteiger partial charge in [-0.2, -0.15) is 18.2 Å². The molecule has 1 atom stereocenters. The molecule has 2 heterocycles. The Bertz CT molecular complexity index is 796. The molecule has 0 amide bonds. The third kappa shape index (κ3) is 2.70. The van der Waals surface area contributed by atoms with Crippen LogP contribution in [0.25, 0.3) is 0 Å². The number of hydrogen-bond donors (Lipinski definition) is 3. The van der Waals surface area contributed by atoms with Crippen molar-refractivity contribution in [1.29, 1.82) is 0 Å². The molecule has 3 N–H and O–H groups in total. The average molecular weight is 326 g/mol. The third-order valence-electron chi connectivity index (χ3n) is 3.18. The molecule has 0 unspecified atom stereocenters. The number of phenols is 1. The van der Waals surface area contributed by atoms with Crippen LogP contribution in [0.3, 0.4) is 0 Å². The van der Waals surface area contributed by atoms with E-state index >= 15 is 0 Å². The SMILES string of the molecule is O=C(O)C1=C[C@H](c2ccc(O)cc2)n2nc(C(F)(F)F)nc2N1. The molecule has 7 nitrogen and oxygen atoms in total. The van der Waals surface area contributed by atoms with E-state index in [0.717, 1.165) is 4.68 Å². The lowest BCUT2D eigenvalue weighted by atomic mass is 10.0. The van der Waals surface area contributed by atoms with E-state index in [4.69, 9.17) is 5.11 Å². The lowest BCUT2D eigenvalue weighted by molar-refractivity contribution is -0.145. The van der Waals surface area contributed by atoms with Crippen molar-refractivity contribution in [2.75, 3.05) is 5.32 Å². The summed E-state index contributed by atoms with van der Waals surface area (Å²) in [7, 11) is 0. The van der Waals surface area contributed by atoms with Crippen molar-refractivity contribution in [2.24, 2.45) is 0 Å². The van der Waals surface area contributed by atoms with Crippen LogP contribution in [-0.2, 0) is 11.0 Å². The van der Waals surface area contributed by atoms with E-state index in [0.29, 0.717) is 5.56 Å². The van der Waals surface area contributed by atoms with Gasteiger partial charge in [0.05, 0.1) is 0 Å². The van der Waals surface area contributed by atoms with Crippen molar-refractivity contribution in [3.8, 4) is 5.75 Å². The standard InChI is InChI=1S/C13H9F3N4O3/c14-13(15,16)11-18-12-17-8(10(22)23)5-9(20(12)19-11)6-1-3-7(21)4-2-6/h1-5,9,21H,(H,22,23)(H,17,18,19)/t9-/m1/s1. The monoisotopic (exact) mass is 326 g/mol. The van der Waals surface area contributed by atoms with Crippen LogP contribution in [-0.4, -0.2) is 30.9 Å². The van der Waals surface area contributed by atoms with Crippen LogP contribution in [0.5, 0.6) is 5.75 Å². The first-order valence-electron chi connectivity index (χ1n) is 6.30. The fraction of sp³-hybridized carbons (Fsp3) is 0.154. The highest BCUT2D eigenvalue weighted by atomic mass is 19.4. The number of halogens is 3. The molecule has 1 aromatic heterocycles. The summed E-state index contributed by atoms with van der Waals surface area (Å²) >= 11 is 0. The third-order valence-corrected chi connectivity index (χ3v) is 3.18. The second-order valence-corrected chi connectivity index (χ2v) is 4.75. The molecule has 0 spiro atoms. The first kappa shape index (κ1) is 14.9. The van der Waals surface area contributed by atoms with Crippen molar-refractivity contribution >= 4 is 11.9 Å². The number of allylic oxidation sites excluding steroid dienone is 1. The molecule has 0 aliphatic carbocycles. The number of aromatic hydroxyl groups is 1. The van der Waals surface area contributed by atoms with Gasteiger partial charge in [-0.25, -0.2) is 9.48 Å². The normalized spacial score (nSPS) is 17.2. The molecule has 1 aromatic carbocycles. The average Bonchev–Trinajstić information content (AvgIpc) is 2.91. The highest BCUT2D eigenvalue weighted by Gasteiger charge is 2.39. The molecule has 0 fully saturated rings. The van der Waals surface area contributed by atoms with Gasteiger partial charge in [-0.1, -0.05) is 12.1 Å². The Morgan fingerprint density at radius 1 is 1.26 bits per heavy atom. The van der Waals surface area contributed by atoms with Crippen molar-refractivity contribution < 1.29 is 28.2 Å². The predicted molar refractivity (Wildman–Crippen MR) is 70.6 cm³/mol. The maximum absolute atomic E-state index is 12.8. The van der Waals surface area contributed by atoms with Crippen LogP contribution in [0.2, 0.25) is 0 Å². The number of benzene rings is 1. The largest absolute Gasteiger partial charge is 0.508 e. The van der Waals surface area contributed by atoms with E-state index in [9.17, 15) is 23.1 Å². The number of aliphatic carboxylic acids is 1. The van der Waals surface area contributed by atoms with Gasteiger partial charge in [-0.15, -0.1) is 5.10 Å². The van der Waals surface area contributed by atoms with Gasteiger partial charge in [-0.05, 0) is 23.8 Å². The molecule has 3 rings (SSSR count). The van der Waals surface area contributed by atoms with E-state index in [-0.39, 0.29) is 17.4 Å². The molecule has 0 radical (unpaired) electrons. The number of carboxylic acids is 1. The molecular weight excluding hydrogens is 317 g/mol. The number of aromatic nitrogens is 3. The number of carbonyl (C=O) groups is 1. The van der Waals surface area contributed by atoms with Crippen LogP contribution >= 0.6 is 0 Å². The highest BCUT2D eigenvalue weighted by molar-refractivity contribution is 5.90. The van der Waals surface area contributed by atoms with E-state index in [2.05, 4.69) is 15.4 Å². The summed E-state index contributed by atoms with van der Waals surface area (Å²) in [5.41, 5.74) is 0.139. The van der Waals surface area contributed by atoms with Crippen molar-refractivity contribution in [3.05, 3.63) is 47.4 Å². The number of phenolic OH excluding ortho intramolecular Hbond substituents is 1. The van der Waals surface area contributed by atoms with Gasteiger partial charge in [0.2, 0.25) is 5.95 Å². The van der Waals surface area contributed by atoms with Gasteiger partial charge in [0, 0.05) is 0 Å². The number of nitrogens with zero attached hydrogens (tertiary/aromatic N) is 3. The van der Waals surface area contributed by atoms with Gasteiger partial charge < -0.3 is 15.5 Å². The van der Waals surface area contributed by atoms with Crippen molar-refractivity contribution in [3.63, 3.8) is 0 Å². The quantitative estimate of drug-likeness (QED) is 0.780. The minimum absolute atomic E-state index is 0.0279. The molecule has 0 bridgehead atoms. The van der Waals surface area contributed by atoms with E-state index in [1.807, 2.05) is 0 Å². The summed E-state index contributed by atoms with van der Waals surface area (Å²) in [5, 5.41) is 24.1. The zero-order valence-corrected chi connectivity index (χ0v) is 11.2. The lowest BCUT2D eigenvalue weighted by Crippen LogP contribution is -2.24. The predicted octanol–water partition coefficient (Wildman–Crippen LogP) is 1.99. The molecule has 0 saturated heterocycles. The van der Waals surface area contributed by atoms with Crippen molar-refractivity contribution in [1.82, 2.24) is 14.8 Å². The van der Waals surface area contributed by atoms with E-state index < -0.39 is 24.0 Å². The molecule has 1 aliphatic heterocycles. The molecule has 10 heteroatoms. The van der Waals surface area contributed by atoms with Crippen LogP contribution in [0.15, 0.2) is 36.0 Å². The lowest BCUT2D eigenvalue weighted by Gasteiger charge is -2.22. The topological polar surface area (TPSA) is 100 Å². The summed E-state index contributed by atoms with van der Waals surface area (Å²) in [5.74, 6) is -3.06. The van der Waals surface area contributed by atoms with Gasteiger partial charge >= 0.3 is 12.1 Å². The number of carboxylic acid groups (broad SMARTS) is 1. The Kier molecular flexibility index (Phi) is 3.24. The maximum Gasteiger partial charge on any atom is 0.453 e. The Balaban J connectivity index is 2.12. The number of anilines is 1. The van der Waals surface area contributed by atoms with E-state index in [1.54, 1.807) is 0 Å². The summed E-state index contributed by atoms with van der Waals surface area (Å²) < 4.78 is 39.3. The van der Waals surface area contributed by atoms with Crippen LogP contribution in [0.4, 0.5) is 19.1 Å². The smallest absolute Gasteiger partial charge is 0.453 e. The second-order valence-electron chi connectivity index (χ2n) is 4.75. The van der Waals surface area contributed by atoms with Crippen molar-refractivity contribution in [2.45, 2.75) is 12.2 Å². The van der Waals surface area contributed by atoms with E-state index in [1.165, 1.54) is 30.3 Å². The minimum atomic E-state index is -4.76. The molecule has 1 aliphatic rings. The van der Waals surface area contributed by atoms with Gasteiger partial charge in [0.1, 0.15) is 17.5 Å². The minimum Gasteiger partial charge on any atom is -0.508 e. The number of fused-ring (bicyclic) bond motifs is 1. The summed E-state index contributed by atoms with van der Waals surface area (Å²) in [6.45, 7) is 0. The summed E-state index contributed by atoms with van der Waals surface area (Å²) in [6.07, 6.45) is -3.54. The number of rotatable bonds is 2. The molecule has 23 heavy (non-hydrogen) atoms. The Morgan fingerprint density at radius 3 is 2.48 bits per heavy atom. The van der Waals surface area contributed by atoms with Gasteiger partial charge in [0.15, 0.2) is 0 Å². The summed E-state index contributed by atoms with van der Waals surface area (Å²) in [4.78, 5) is 14.5. The van der Waals surface area contributed by atoms with Crippen LogP contribution in [0, 0.1) is 0 Å². The van der Waals surface area contributed by atoms with Gasteiger partial charge in [0.25, 0.3) is 5.82 Å². The fourth-order valence-electron chi connectivity index (χ4n) is 2.15. The van der Waals surface area contributed by atoms with Crippen LogP contribution < -0.4 is 5.32 Å². The number of hydrogen-bond acceptors (Lipinski definition) is 5. The van der Waals surface area contributed by atoms with Crippen LogP contribution in [0.1, 0.15) is 17.4 Å². The first-order valence-corrected chi connectivity index (χ1v) is 6.30. The summed E-state index contributed by atoms with van der Waals surface area (Å²) in [6, 6.07) is 4.70. The maximum atomic E-state index is 12.8. The zero-order valence-electron chi connectivity index (χ0n) is 11.2. The zero-order chi connectivity index (χ0) is 16.8. The Labute approximate surface area is 126 Å². The fourth-order valence-corrected chi connectivity index (χ4v) is 2.15. The molecule has 0 saturated carbocycles. The molecular formula is C13H9F3N4O3. The molecule has 120 valence electrons. The van der Waals surface area contributed by atoms with Gasteiger partial charge in [-0.3, -0.25) is 0 Å². The first-order chi connectivity index (χ1) is 10.8. The second kappa shape index (κ2) is 5.00. The Hall–Kier alpha value is -3.04. The Morgan fingerprint density at radius 2 is 1.91 bits per heavy atom. The highest BCUT2D eigenvalue weighted by Crippen LogP contribution is 2.33. The number of alkyl halides is 3. The molecule has 2 aromatic rings.